The van der Waals surface area contributed by atoms with E-state index in [1.807, 2.05) is 35.1 Å². The minimum Gasteiger partial charge on any atom is -0.447 e. The van der Waals surface area contributed by atoms with E-state index in [0.29, 0.717) is 32.8 Å². The molecule has 2 fully saturated rings. The third-order valence-corrected chi connectivity index (χ3v) is 4.78. The number of ether oxygens (including phenoxy) is 1. The van der Waals surface area contributed by atoms with Gasteiger partial charge in [-0.2, -0.15) is 5.10 Å². The molecule has 1 atom stereocenters. The average Bonchev–Trinajstić information content (AvgIpc) is 3.22. The Labute approximate surface area is 145 Å². The normalized spacial score (nSPS) is 19.8. The summed E-state index contributed by atoms with van der Waals surface area (Å²) < 4.78 is 6.98. The number of urea groups is 1. The SMILES string of the molecule is O=C(NCCCn1ncc2ccccc21)N1CCN2C(=O)OCC2C1. The number of hydrogen-bond donors (Lipinski definition) is 1. The molecule has 0 radical (unpaired) electrons. The molecule has 0 spiro atoms. The van der Waals surface area contributed by atoms with Gasteiger partial charge >= 0.3 is 12.1 Å². The fraction of sp³-hybridized carbons (Fsp3) is 0.471. The number of aromatic nitrogens is 2. The Morgan fingerprint density at radius 3 is 3.12 bits per heavy atom. The fourth-order valence-corrected chi connectivity index (χ4v) is 3.41. The molecule has 25 heavy (non-hydrogen) atoms. The predicted octanol–water partition coefficient (Wildman–Crippen LogP) is 1.27. The molecule has 2 aliphatic rings. The van der Waals surface area contributed by atoms with Crippen molar-refractivity contribution in [1.82, 2.24) is 24.9 Å². The minimum absolute atomic E-state index is 0.0116. The van der Waals surface area contributed by atoms with E-state index in [4.69, 9.17) is 4.74 Å². The number of piperazine rings is 1. The van der Waals surface area contributed by atoms with E-state index >= 15 is 0 Å². The first-order valence-electron chi connectivity index (χ1n) is 8.59. The van der Waals surface area contributed by atoms with Gasteiger partial charge in [-0.25, -0.2) is 9.59 Å². The number of hydrogen-bond acceptors (Lipinski definition) is 4. The second-order valence-electron chi connectivity index (χ2n) is 6.38. The van der Waals surface area contributed by atoms with E-state index < -0.39 is 0 Å². The van der Waals surface area contributed by atoms with E-state index in [2.05, 4.69) is 10.4 Å². The Bertz CT molecular complexity index is 789. The van der Waals surface area contributed by atoms with Gasteiger partial charge in [0.25, 0.3) is 0 Å². The molecule has 2 aliphatic heterocycles. The maximum absolute atomic E-state index is 12.3. The first kappa shape index (κ1) is 15.7. The van der Waals surface area contributed by atoms with Crippen LogP contribution in [0.15, 0.2) is 30.5 Å². The molecule has 2 saturated heterocycles. The molecule has 3 heterocycles. The zero-order valence-corrected chi connectivity index (χ0v) is 13.9. The van der Waals surface area contributed by atoms with Crippen LogP contribution in [0.3, 0.4) is 0 Å². The lowest BCUT2D eigenvalue weighted by molar-refractivity contribution is 0.127. The number of carbonyl (C=O) groups is 2. The summed E-state index contributed by atoms with van der Waals surface area (Å²) in [7, 11) is 0. The van der Waals surface area contributed by atoms with Gasteiger partial charge in [0.1, 0.15) is 6.61 Å². The Hall–Kier alpha value is -2.77. The van der Waals surface area contributed by atoms with Crippen molar-refractivity contribution in [2.24, 2.45) is 0 Å². The van der Waals surface area contributed by atoms with Crippen LogP contribution in [0.4, 0.5) is 9.59 Å². The Morgan fingerprint density at radius 2 is 2.20 bits per heavy atom. The van der Waals surface area contributed by atoms with Gasteiger partial charge in [0.15, 0.2) is 0 Å². The quantitative estimate of drug-likeness (QED) is 0.848. The molecule has 4 rings (SSSR count). The molecule has 1 N–H and O–H groups in total. The Kier molecular flexibility index (Phi) is 4.17. The molecule has 0 bridgehead atoms. The highest BCUT2D eigenvalue weighted by Gasteiger charge is 2.38. The van der Waals surface area contributed by atoms with Crippen molar-refractivity contribution in [3.63, 3.8) is 0 Å². The van der Waals surface area contributed by atoms with Crippen molar-refractivity contribution in [2.45, 2.75) is 19.0 Å². The molecule has 1 aromatic carbocycles. The Balaban J connectivity index is 1.23. The number of aryl methyl sites for hydroxylation is 1. The number of nitrogens with zero attached hydrogens (tertiary/aromatic N) is 4. The van der Waals surface area contributed by atoms with Gasteiger partial charge in [-0.1, -0.05) is 18.2 Å². The number of benzene rings is 1. The van der Waals surface area contributed by atoms with E-state index in [0.717, 1.165) is 23.9 Å². The molecule has 2 aromatic rings. The number of para-hydroxylation sites is 1. The summed E-state index contributed by atoms with van der Waals surface area (Å²) in [6.07, 6.45) is 2.40. The zero-order chi connectivity index (χ0) is 17.2. The summed E-state index contributed by atoms with van der Waals surface area (Å²) >= 11 is 0. The first-order valence-corrected chi connectivity index (χ1v) is 8.59. The summed E-state index contributed by atoms with van der Waals surface area (Å²) in [4.78, 5) is 27.2. The van der Waals surface area contributed by atoms with Gasteiger partial charge in [0, 0.05) is 38.1 Å². The number of carbonyl (C=O) groups excluding carboxylic acids is 2. The minimum atomic E-state index is -0.267. The van der Waals surface area contributed by atoms with E-state index in [9.17, 15) is 9.59 Å². The highest BCUT2D eigenvalue weighted by Crippen LogP contribution is 2.17. The van der Waals surface area contributed by atoms with Crippen LogP contribution in [0.2, 0.25) is 0 Å². The van der Waals surface area contributed by atoms with Crippen molar-refractivity contribution < 1.29 is 14.3 Å². The first-order chi connectivity index (χ1) is 12.2. The molecular formula is C17H21N5O3. The van der Waals surface area contributed by atoms with Gasteiger partial charge in [0.05, 0.1) is 17.8 Å². The zero-order valence-electron chi connectivity index (χ0n) is 13.9. The lowest BCUT2D eigenvalue weighted by atomic mass is 10.2. The summed E-state index contributed by atoms with van der Waals surface area (Å²) in [5, 5.41) is 8.47. The third kappa shape index (κ3) is 3.11. The number of amides is 3. The number of nitrogens with one attached hydrogen (secondary N) is 1. The maximum atomic E-state index is 12.3. The summed E-state index contributed by atoms with van der Waals surface area (Å²) in [6.45, 7) is 3.33. The topological polar surface area (TPSA) is 79.7 Å². The van der Waals surface area contributed by atoms with Crippen molar-refractivity contribution in [1.29, 1.82) is 0 Å². The lowest BCUT2D eigenvalue weighted by Crippen LogP contribution is -2.56. The van der Waals surface area contributed by atoms with Crippen LogP contribution in [-0.2, 0) is 11.3 Å². The summed E-state index contributed by atoms with van der Waals surface area (Å²) in [5.74, 6) is 0. The van der Waals surface area contributed by atoms with E-state index in [-0.39, 0.29) is 18.2 Å². The molecule has 132 valence electrons. The standard InChI is InChI=1S/C17H21N5O3/c23-16(20-8-9-21-14(11-20)12-25-17(21)24)18-6-3-7-22-15-5-2-1-4-13(15)10-19-22/h1-2,4-5,10,14H,3,6-9,11-12H2,(H,18,23). The molecule has 1 aromatic heterocycles. The van der Waals surface area contributed by atoms with Crippen LogP contribution < -0.4 is 5.32 Å². The van der Waals surface area contributed by atoms with Crippen LogP contribution >= 0.6 is 0 Å². The van der Waals surface area contributed by atoms with Crippen LogP contribution in [-0.4, -0.2) is 70.5 Å². The molecule has 8 nitrogen and oxygen atoms in total. The maximum Gasteiger partial charge on any atom is 0.410 e. The number of rotatable bonds is 4. The van der Waals surface area contributed by atoms with Crippen molar-refractivity contribution in [3.8, 4) is 0 Å². The molecular weight excluding hydrogens is 322 g/mol. The predicted molar refractivity (Wildman–Crippen MR) is 91.2 cm³/mol. The van der Waals surface area contributed by atoms with Crippen molar-refractivity contribution in [2.75, 3.05) is 32.8 Å². The van der Waals surface area contributed by atoms with Gasteiger partial charge < -0.3 is 15.0 Å². The van der Waals surface area contributed by atoms with Gasteiger partial charge in [-0.15, -0.1) is 0 Å². The summed E-state index contributed by atoms with van der Waals surface area (Å²) in [6, 6.07) is 7.99. The number of fused-ring (bicyclic) bond motifs is 2. The molecule has 0 saturated carbocycles. The van der Waals surface area contributed by atoms with Crippen LogP contribution in [0, 0.1) is 0 Å². The monoisotopic (exact) mass is 343 g/mol. The van der Waals surface area contributed by atoms with E-state index in [1.165, 1.54) is 0 Å². The fourth-order valence-electron chi connectivity index (χ4n) is 3.41. The Morgan fingerprint density at radius 1 is 1.32 bits per heavy atom. The highest BCUT2D eigenvalue weighted by molar-refractivity contribution is 5.78. The number of cyclic esters (lactones) is 1. The molecule has 1 unspecified atom stereocenters. The van der Waals surface area contributed by atoms with Crippen LogP contribution in [0.1, 0.15) is 6.42 Å². The van der Waals surface area contributed by atoms with Crippen molar-refractivity contribution >= 4 is 23.0 Å². The molecule has 3 amide bonds. The van der Waals surface area contributed by atoms with E-state index in [1.54, 1.807) is 9.80 Å². The highest BCUT2D eigenvalue weighted by atomic mass is 16.6. The van der Waals surface area contributed by atoms with Gasteiger partial charge in [-0.05, 0) is 12.5 Å². The van der Waals surface area contributed by atoms with Gasteiger partial charge in [-0.3, -0.25) is 9.58 Å². The average molecular weight is 343 g/mol. The lowest BCUT2D eigenvalue weighted by Gasteiger charge is -2.35. The van der Waals surface area contributed by atoms with Crippen LogP contribution in [0.5, 0.6) is 0 Å². The summed E-state index contributed by atoms with van der Waals surface area (Å²) in [5.41, 5.74) is 1.11. The van der Waals surface area contributed by atoms with Crippen molar-refractivity contribution in [3.05, 3.63) is 30.5 Å². The van der Waals surface area contributed by atoms with Crippen LogP contribution in [0.25, 0.3) is 10.9 Å². The second-order valence-corrected chi connectivity index (χ2v) is 6.38. The largest absolute Gasteiger partial charge is 0.447 e. The molecule has 8 heteroatoms. The van der Waals surface area contributed by atoms with Gasteiger partial charge in [0.2, 0.25) is 0 Å². The third-order valence-electron chi connectivity index (χ3n) is 4.78. The smallest absolute Gasteiger partial charge is 0.410 e. The molecule has 0 aliphatic carbocycles. The second kappa shape index (κ2) is 6.62.